The molecule has 0 spiro atoms. The van der Waals surface area contributed by atoms with E-state index in [1.807, 2.05) is 0 Å². The summed E-state index contributed by atoms with van der Waals surface area (Å²) in [4.78, 5) is 0. The summed E-state index contributed by atoms with van der Waals surface area (Å²) in [5.74, 6) is 3.79. The summed E-state index contributed by atoms with van der Waals surface area (Å²) in [5, 5.41) is 4.62. The van der Waals surface area contributed by atoms with Crippen molar-refractivity contribution in [2.45, 2.75) is 38.9 Å². The monoisotopic (exact) mass is 542 g/mol. The first kappa shape index (κ1) is 29.2. The van der Waals surface area contributed by atoms with Gasteiger partial charge >= 0.3 is 35.6 Å². The van der Waals surface area contributed by atoms with Crippen LogP contribution in [-0.2, 0) is 17.0 Å². The fraction of sp³-hybridized carbons (Fsp3) is 0.577. The van der Waals surface area contributed by atoms with E-state index >= 15 is 0 Å². The molecule has 4 rings (SSSR count). The third-order valence-electron chi connectivity index (χ3n) is 7.84. The first-order valence-corrected chi connectivity index (χ1v) is 19.0. The number of methoxy groups -OCH3 is 1. The molecule has 0 aromatic heterocycles. The number of hydrogen-bond donors (Lipinski definition) is 0. The Morgan fingerprint density at radius 2 is 1.73 bits per heavy atom. The van der Waals surface area contributed by atoms with E-state index < -0.39 is 25.3 Å². The Labute approximate surface area is 220 Å². The van der Waals surface area contributed by atoms with Crippen molar-refractivity contribution in [3.05, 3.63) is 60.8 Å². The van der Waals surface area contributed by atoms with Gasteiger partial charge in [-0.1, -0.05) is 57.3 Å². The summed E-state index contributed by atoms with van der Waals surface area (Å²) in [5.41, 5.74) is 3.71. The van der Waals surface area contributed by atoms with Gasteiger partial charge in [0.05, 0.1) is 7.11 Å². The molecule has 184 valence electrons. The van der Waals surface area contributed by atoms with E-state index in [1.165, 1.54) is 30.6 Å². The van der Waals surface area contributed by atoms with Gasteiger partial charge in [0.2, 0.25) is 0 Å². The molecule has 4 atom stereocenters. The summed E-state index contributed by atoms with van der Waals surface area (Å²) < 4.78 is 8.24. The SMILES string of the molecule is COc1ccc(C2=CC=CC3C2CC(C(C)C)C3[Si](C)(C)N2CC[N-]CC2)cc1.[CH3-].[Cl][Ti][Cl]. The van der Waals surface area contributed by atoms with Crippen molar-refractivity contribution in [2.75, 3.05) is 33.3 Å². The van der Waals surface area contributed by atoms with Crippen LogP contribution in [0.5, 0.6) is 5.75 Å². The zero-order valence-electron chi connectivity index (χ0n) is 21.0. The van der Waals surface area contributed by atoms with Crippen molar-refractivity contribution >= 4 is 32.4 Å². The third-order valence-corrected chi connectivity index (χ3v) is 12.4. The number of fused-ring (bicyclic) bond motifs is 1. The van der Waals surface area contributed by atoms with E-state index in [0.29, 0.717) is 11.8 Å². The fourth-order valence-electron chi connectivity index (χ4n) is 6.30. The van der Waals surface area contributed by atoms with Crippen LogP contribution in [0.3, 0.4) is 0 Å². The maximum absolute atomic E-state index is 5.38. The molecule has 0 amide bonds. The first-order valence-electron chi connectivity index (χ1n) is 11.7. The van der Waals surface area contributed by atoms with Crippen molar-refractivity contribution in [2.24, 2.45) is 23.7 Å². The van der Waals surface area contributed by atoms with Crippen LogP contribution in [0.1, 0.15) is 25.8 Å². The minimum atomic E-state index is -1.57. The quantitative estimate of drug-likeness (QED) is 0.282. The standard InChI is InChI=1S/C25H37N2OSi.CH3.2ClH.Ti/c1-18(2)23-17-24-21(19-9-11-20(28-3)12-10-19)7-6-8-22(24)25(23)29(4,5)27-15-13-26-14-16-27;;;;/h6-12,18,22-25H,13-17H2,1-5H3;1H3;2*1H;/q2*-1;;;+2/p-2. The van der Waals surface area contributed by atoms with Gasteiger partial charge in [-0.2, -0.15) is 0 Å². The summed E-state index contributed by atoms with van der Waals surface area (Å²) in [6.45, 7) is 14.6. The molecule has 3 aliphatic rings. The molecule has 4 unspecified atom stereocenters. The molecule has 1 saturated heterocycles. The van der Waals surface area contributed by atoms with Crippen LogP contribution in [0.2, 0.25) is 18.6 Å². The Balaban J connectivity index is 0.000000914. The molecule has 1 aliphatic heterocycles. The van der Waals surface area contributed by atoms with Gasteiger partial charge < -0.3 is 22.0 Å². The number of halogens is 2. The molecule has 33 heavy (non-hydrogen) atoms. The van der Waals surface area contributed by atoms with E-state index in [0.717, 1.165) is 36.2 Å². The third kappa shape index (κ3) is 6.58. The molecule has 2 aliphatic carbocycles. The molecule has 1 heterocycles. The predicted octanol–water partition coefficient (Wildman–Crippen LogP) is 7.65. The summed E-state index contributed by atoms with van der Waals surface area (Å²) >= 11 is -0.556. The van der Waals surface area contributed by atoms with Crippen LogP contribution < -0.4 is 4.74 Å². The van der Waals surface area contributed by atoms with Crippen molar-refractivity contribution in [1.82, 2.24) is 4.57 Å². The van der Waals surface area contributed by atoms with Crippen LogP contribution >= 0.6 is 18.6 Å². The number of hydrogen-bond acceptors (Lipinski definition) is 2. The predicted molar refractivity (Wildman–Crippen MR) is 144 cm³/mol. The molecule has 3 nitrogen and oxygen atoms in total. The van der Waals surface area contributed by atoms with Crippen LogP contribution in [-0.4, -0.2) is 46.1 Å². The first-order chi connectivity index (χ1) is 15.3. The van der Waals surface area contributed by atoms with Crippen LogP contribution in [0, 0.1) is 31.1 Å². The van der Waals surface area contributed by atoms with Crippen LogP contribution in [0.15, 0.2) is 42.5 Å². The Morgan fingerprint density at radius 3 is 2.27 bits per heavy atom. The molecular formula is C26H40Cl2N2OSiTi-2. The van der Waals surface area contributed by atoms with Crippen molar-refractivity contribution in [1.29, 1.82) is 0 Å². The topological polar surface area (TPSA) is 26.6 Å². The van der Waals surface area contributed by atoms with E-state index in [9.17, 15) is 0 Å². The average molecular weight is 543 g/mol. The molecule has 2 fully saturated rings. The molecule has 1 saturated carbocycles. The summed E-state index contributed by atoms with van der Waals surface area (Å²) in [6, 6.07) is 8.69. The molecule has 0 radical (unpaired) electrons. The Hall–Kier alpha value is -0.0688. The van der Waals surface area contributed by atoms with E-state index in [-0.39, 0.29) is 7.43 Å². The Kier molecular flexibility index (Phi) is 11.8. The van der Waals surface area contributed by atoms with Gasteiger partial charge in [0.25, 0.3) is 0 Å². The number of ether oxygens (including phenoxy) is 1. The molecular weight excluding hydrogens is 503 g/mol. The number of allylic oxidation sites excluding steroid dienone is 4. The van der Waals surface area contributed by atoms with Gasteiger partial charge in [-0.25, -0.2) is 0 Å². The Bertz CT molecular complexity index is 794. The normalized spacial score (nSPS) is 27.1. The van der Waals surface area contributed by atoms with E-state index in [2.05, 4.69) is 79.3 Å². The van der Waals surface area contributed by atoms with Gasteiger partial charge in [-0.05, 0) is 72.0 Å². The van der Waals surface area contributed by atoms with Crippen molar-refractivity contribution in [3.63, 3.8) is 0 Å². The van der Waals surface area contributed by atoms with E-state index in [4.69, 9.17) is 23.3 Å². The Morgan fingerprint density at radius 1 is 1.12 bits per heavy atom. The van der Waals surface area contributed by atoms with Gasteiger partial charge in [-0.3, -0.25) is 0 Å². The second-order valence-corrected chi connectivity index (χ2v) is 17.2. The molecule has 1 aromatic carbocycles. The van der Waals surface area contributed by atoms with Crippen LogP contribution in [0.25, 0.3) is 10.9 Å². The molecule has 0 bridgehead atoms. The maximum atomic E-state index is 5.38. The molecule has 0 N–H and O–H groups in total. The second kappa shape index (κ2) is 13.3. The molecule has 1 aromatic rings. The number of piperazine rings is 1. The second-order valence-electron chi connectivity index (χ2n) is 9.97. The number of benzene rings is 1. The zero-order valence-corrected chi connectivity index (χ0v) is 25.1. The minimum absolute atomic E-state index is 0. The number of nitrogens with zero attached hydrogens (tertiary/aromatic N) is 2. The van der Waals surface area contributed by atoms with Gasteiger partial charge in [0.1, 0.15) is 14.0 Å². The van der Waals surface area contributed by atoms with Gasteiger partial charge in [0, 0.05) is 0 Å². The summed E-state index contributed by atoms with van der Waals surface area (Å²) in [6.07, 6.45) is 8.58. The van der Waals surface area contributed by atoms with Crippen LogP contribution in [0.4, 0.5) is 0 Å². The van der Waals surface area contributed by atoms with Crippen molar-refractivity contribution in [3.8, 4) is 5.75 Å². The van der Waals surface area contributed by atoms with Crippen molar-refractivity contribution < 1.29 is 21.8 Å². The van der Waals surface area contributed by atoms with Gasteiger partial charge in [-0.15, -0.1) is 13.1 Å². The number of rotatable bonds is 5. The fourth-order valence-corrected chi connectivity index (χ4v) is 10.9. The van der Waals surface area contributed by atoms with E-state index in [1.54, 1.807) is 7.11 Å². The molecule has 7 heteroatoms. The zero-order chi connectivity index (χ0) is 23.3. The van der Waals surface area contributed by atoms with Gasteiger partial charge in [0.15, 0.2) is 0 Å². The average Bonchev–Trinajstić information content (AvgIpc) is 3.21. The summed E-state index contributed by atoms with van der Waals surface area (Å²) in [7, 11) is 9.94.